The lowest BCUT2D eigenvalue weighted by molar-refractivity contribution is 0.102. The van der Waals surface area contributed by atoms with E-state index in [0.717, 1.165) is 12.1 Å². The first-order chi connectivity index (χ1) is 13.3. The zero-order valence-corrected chi connectivity index (χ0v) is 16.6. The van der Waals surface area contributed by atoms with Crippen LogP contribution >= 0.6 is 11.6 Å². The smallest absolute Gasteiger partial charge is 0.259 e. The van der Waals surface area contributed by atoms with E-state index in [-0.39, 0.29) is 38.6 Å². The van der Waals surface area contributed by atoms with Crippen LogP contribution in [0.1, 0.15) is 16.8 Å². The van der Waals surface area contributed by atoms with Crippen LogP contribution in [-0.4, -0.2) is 40.4 Å². The third-order valence-electron chi connectivity index (χ3n) is 4.37. The van der Waals surface area contributed by atoms with E-state index >= 15 is 0 Å². The first kappa shape index (κ1) is 20.6. The molecule has 150 valence electrons. The highest BCUT2D eigenvalue weighted by atomic mass is 35.5. The highest BCUT2D eigenvalue weighted by Crippen LogP contribution is 2.27. The molecule has 1 fully saturated rings. The molecule has 0 aromatic heterocycles. The first-order valence-electron chi connectivity index (χ1n) is 8.54. The van der Waals surface area contributed by atoms with E-state index in [2.05, 4.69) is 5.32 Å². The van der Waals surface area contributed by atoms with Gasteiger partial charge in [-0.25, -0.2) is 12.8 Å². The number of sulfone groups is 1. The second-order valence-electron chi connectivity index (χ2n) is 6.49. The summed E-state index contributed by atoms with van der Waals surface area (Å²) in [5, 5.41) is 2.63. The topological polar surface area (TPSA) is 81.7 Å². The predicted molar refractivity (Wildman–Crippen MR) is 103 cm³/mol. The molecule has 0 spiro atoms. The van der Waals surface area contributed by atoms with Crippen molar-refractivity contribution < 1.29 is 27.1 Å². The molecule has 0 bridgehead atoms. The van der Waals surface area contributed by atoms with Crippen LogP contribution in [0.3, 0.4) is 0 Å². The SMILES string of the molecule is COc1ccc(S(=O)(=O)C[C@H]2CCOC2)cc1C(=O)Nc1cc(F)cc(Cl)c1. The fourth-order valence-electron chi connectivity index (χ4n) is 3.00. The van der Waals surface area contributed by atoms with Crippen LogP contribution in [-0.2, 0) is 14.6 Å². The maximum absolute atomic E-state index is 13.5. The van der Waals surface area contributed by atoms with Crippen LogP contribution in [0.25, 0.3) is 0 Å². The number of methoxy groups -OCH3 is 1. The second kappa shape index (κ2) is 8.46. The largest absolute Gasteiger partial charge is 0.496 e. The van der Waals surface area contributed by atoms with Crippen molar-refractivity contribution in [2.75, 3.05) is 31.4 Å². The van der Waals surface area contributed by atoms with Crippen molar-refractivity contribution in [1.29, 1.82) is 0 Å². The van der Waals surface area contributed by atoms with Crippen molar-refractivity contribution in [1.82, 2.24) is 0 Å². The van der Waals surface area contributed by atoms with Crippen molar-refractivity contribution in [2.45, 2.75) is 11.3 Å². The fourth-order valence-corrected chi connectivity index (χ4v) is 4.87. The van der Waals surface area contributed by atoms with Crippen molar-refractivity contribution in [3.05, 3.63) is 52.8 Å². The number of ether oxygens (including phenoxy) is 2. The average molecular weight is 428 g/mol. The van der Waals surface area contributed by atoms with Crippen molar-refractivity contribution in [3.63, 3.8) is 0 Å². The quantitative estimate of drug-likeness (QED) is 0.762. The summed E-state index contributed by atoms with van der Waals surface area (Å²) >= 11 is 5.80. The van der Waals surface area contributed by atoms with Crippen molar-refractivity contribution >= 4 is 33.0 Å². The standard InChI is InChI=1S/C19H19ClFNO5S/c1-26-18-3-2-16(28(24,25)11-12-4-5-27-10-12)9-17(18)19(23)22-15-7-13(20)6-14(21)8-15/h2-3,6-9,12H,4-5,10-11H2,1H3,(H,22,23)/t12-/m0/s1. The molecular weight excluding hydrogens is 409 g/mol. The molecule has 0 aliphatic carbocycles. The van der Waals surface area contributed by atoms with E-state index in [1.165, 1.54) is 31.4 Å². The molecule has 6 nitrogen and oxygen atoms in total. The van der Waals surface area contributed by atoms with Crippen molar-refractivity contribution in [3.8, 4) is 5.75 Å². The number of carbonyl (C=O) groups excluding carboxylic acids is 1. The molecular formula is C19H19ClFNO5S. The number of hydrogen-bond acceptors (Lipinski definition) is 5. The summed E-state index contributed by atoms with van der Waals surface area (Å²) in [6, 6.07) is 7.69. The van der Waals surface area contributed by atoms with Crippen LogP contribution in [0.2, 0.25) is 5.02 Å². The predicted octanol–water partition coefficient (Wildman–Crippen LogP) is 3.55. The van der Waals surface area contributed by atoms with Gasteiger partial charge in [0.2, 0.25) is 0 Å². The summed E-state index contributed by atoms with van der Waals surface area (Å²) in [4.78, 5) is 12.7. The van der Waals surface area contributed by atoms with Crippen LogP contribution in [0.15, 0.2) is 41.3 Å². The van der Waals surface area contributed by atoms with Gasteiger partial charge in [0.05, 0.1) is 29.9 Å². The van der Waals surface area contributed by atoms with Gasteiger partial charge >= 0.3 is 0 Å². The average Bonchev–Trinajstić information content (AvgIpc) is 3.12. The lowest BCUT2D eigenvalue weighted by Gasteiger charge is -2.13. The Morgan fingerprint density at radius 2 is 2.11 bits per heavy atom. The minimum atomic E-state index is -3.61. The van der Waals surface area contributed by atoms with Gasteiger partial charge < -0.3 is 14.8 Å². The minimum absolute atomic E-state index is 0.0163. The second-order valence-corrected chi connectivity index (χ2v) is 8.96. The van der Waals surface area contributed by atoms with Gasteiger partial charge in [0.25, 0.3) is 5.91 Å². The maximum atomic E-state index is 13.5. The molecule has 1 aliphatic heterocycles. The van der Waals surface area contributed by atoms with Crippen LogP contribution in [0.4, 0.5) is 10.1 Å². The number of amides is 1. The first-order valence-corrected chi connectivity index (χ1v) is 10.6. The molecule has 1 amide bonds. The monoisotopic (exact) mass is 427 g/mol. The highest BCUT2D eigenvalue weighted by Gasteiger charge is 2.26. The van der Waals surface area contributed by atoms with Gasteiger partial charge in [0.15, 0.2) is 9.84 Å². The van der Waals surface area contributed by atoms with E-state index in [9.17, 15) is 17.6 Å². The maximum Gasteiger partial charge on any atom is 0.259 e. The third kappa shape index (κ3) is 4.81. The fraction of sp³-hybridized carbons (Fsp3) is 0.316. The zero-order valence-electron chi connectivity index (χ0n) is 15.1. The third-order valence-corrected chi connectivity index (χ3v) is 6.47. The molecule has 1 aliphatic rings. The van der Waals surface area contributed by atoms with Crippen molar-refractivity contribution in [2.24, 2.45) is 5.92 Å². The van der Waals surface area contributed by atoms with Gasteiger partial charge in [0.1, 0.15) is 11.6 Å². The molecule has 2 aromatic rings. The molecule has 0 radical (unpaired) electrons. The van der Waals surface area contributed by atoms with E-state index in [4.69, 9.17) is 21.1 Å². The van der Waals surface area contributed by atoms with Gasteiger partial charge in [-0.2, -0.15) is 0 Å². The molecule has 2 aromatic carbocycles. The van der Waals surface area contributed by atoms with Gasteiger partial charge in [-0.1, -0.05) is 11.6 Å². The molecule has 1 saturated heterocycles. The number of halogens is 2. The van der Waals surface area contributed by atoms with E-state index in [1.807, 2.05) is 0 Å². The summed E-state index contributed by atoms with van der Waals surface area (Å²) in [5.41, 5.74) is 0.167. The Balaban J connectivity index is 1.88. The van der Waals surface area contributed by atoms with Crippen LogP contribution in [0.5, 0.6) is 5.75 Å². The van der Waals surface area contributed by atoms with Gasteiger partial charge in [-0.05, 0) is 48.7 Å². The molecule has 9 heteroatoms. The Labute approximate surface area is 167 Å². The van der Waals surface area contributed by atoms with Gasteiger partial charge in [-0.15, -0.1) is 0 Å². The summed E-state index contributed by atoms with van der Waals surface area (Å²) in [6.45, 7) is 0.954. The number of carbonyl (C=O) groups is 1. The number of anilines is 1. The molecule has 28 heavy (non-hydrogen) atoms. The molecule has 0 unspecified atom stereocenters. The Kier molecular flexibility index (Phi) is 6.22. The van der Waals surface area contributed by atoms with Gasteiger partial charge in [-0.3, -0.25) is 4.79 Å². The Morgan fingerprint density at radius 1 is 1.32 bits per heavy atom. The highest BCUT2D eigenvalue weighted by molar-refractivity contribution is 7.91. The van der Waals surface area contributed by atoms with E-state index < -0.39 is 21.6 Å². The normalized spacial score (nSPS) is 16.8. The van der Waals surface area contributed by atoms with E-state index in [1.54, 1.807) is 0 Å². The lowest BCUT2D eigenvalue weighted by atomic mass is 10.1. The number of benzene rings is 2. The Bertz CT molecular complexity index is 970. The van der Waals surface area contributed by atoms with Crippen LogP contribution in [0, 0.1) is 11.7 Å². The molecule has 1 heterocycles. The molecule has 1 atom stereocenters. The van der Waals surface area contributed by atoms with Gasteiger partial charge in [0, 0.05) is 17.3 Å². The summed E-state index contributed by atoms with van der Waals surface area (Å²) in [7, 11) is -2.24. The van der Waals surface area contributed by atoms with E-state index in [0.29, 0.717) is 19.6 Å². The molecule has 0 saturated carbocycles. The Morgan fingerprint density at radius 3 is 2.75 bits per heavy atom. The number of rotatable bonds is 6. The summed E-state index contributed by atoms with van der Waals surface area (Å²) < 4.78 is 49.3. The minimum Gasteiger partial charge on any atom is -0.496 e. The number of nitrogens with one attached hydrogen (secondary N) is 1. The zero-order chi connectivity index (χ0) is 20.3. The number of hydrogen-bond donors (Lipinski definition) is 1. The lowest BCUT2D eigenvalue weighted by Crippen LogP contribution is -2.18. The van der Waals surface area contributed by atoms with Crippen LogP contribution < -0.4 is 10.1 Å². The molecule has 1 N–H and O–H groups in total. The molecule has 3 rings (SSSR count). The Hall–Kier alpha value is -2.16. The summed E-state index contributed by atoms with van der Waals surface area (Å²) in [5.74, 6) is -1.17. The summed E-state index contributed by atoms with van der Waals surface area (Å²) in [6.07, 6.45) is 0.684.